The van der Waals surface area contributed by atoms with Crippen LogP contribution in [0.5, 0.6) is 0 Å². The minimum atomic E-state index is -0.0722. The van der Waals surface area contributed by atoms with E-state index in [0.717, 1.165) is 19.4 Å². The lowest BCUT2D eigenvalue weighted by molar-refractivity contribution is -0.119. The molecule has 0 spiro atoms. The van der Waals surface area contributed by atoms with E-state index < -0.39 is 0 Å². The van der Waals surface area contributed by atoms with Gasteiger partial charge in [0, 0.05) is 6.07 Å². The molecule has 0 aromatic carbocycles. The van der Waals surface area contributed by atoms with Crippen molar-refractivity contribution in [1.82, 2.24) is 15.5 Å². The molecule has 1 aliphatic heterocycles. The average molecular weight is 208 g/mol. The fraction of sp³-hybridized carbons (Fsp3) is 0.600. The molecule has 15 heavy (non-hydrogen) atoms. The van der Waals surface area contributed by atoms with Crippen LogP contribution in [0.15, 0.2) is 12.3 Å². The SMILES string of the molecule is CC1CCNC(C(=O)Nc2ccn[nH]2)C1. The van der Waals surface area contributed by atoms with Crippen LogP contribution >= 0.6 is 0 Å². The van der Waals surface area contributed by atoms with Gasteiger partial charge >= 0.3 is 0 Å². The Morgan fingerprint density at radius 1 is 1.67 bits per heavy atom. The molecule has 0 aliphatic carbocycles. The molecule has 2 atom stereocenters. The summed E-state index contributed by atoms with van der Waals surface area (Å²) in [4.78, 5) is 11.8. The third-order valence-corrected chi connectivity index (χ3v) is 2.74. The lowest BCUT2D eigenvalue weighted by atomic mass is 9.94. The topological polar surface area (TPSA) is 69.8 Å². The van der Waals surface area contributed by atoms with Crippen LogP contribution in [0.1, 0.15) is 19.8 Å². The number of nitrogens with zero attached hydrogens (tertiary/aromatic N) is 1. The molecular weight excluding hydrogens is 192 g/mol. The maximum Gasteiger partial charge on any atom is 0.242 e. The molecule has 0 bridgehead atoms. The largest absolute Gasteiger partial charge is 0.310 e. The van der Waals surface area contributed by atoms with E-state index in [1.165, 1.54) is 0 Å². The van der Waals surface area contributed by atoms with Crippen molar-refractivity contribution in [3.05, 3.63) is 12.3 Å². The Bertz CT molecular complexity index is 322. The Labute approximate surface area is 88.6 Å². The maximum absolute atomic E-state index is 11.8. The Kier molecular flexibility index (Phi) is 3.01. The van der Waals surface area contributed by atoms with Gasteiger partial charge in [-0.05, 0) is 25.3 Å². The molecule has 1 aromatic heterocycles. The van der Waals surface area contributed by atoms with Crippen molar-refractivity contribution >= 4 is 11.7 Å². The number of carbonyl (C=O) groups excluding carboxylic acids is 1. The first-order chi connectivity index (χ1) is 7.25. The van der Waals surface area contributed by atoms with Gasteiger partial charge in [0.2, 0.25) is 5.91 Å². The molecule has 5 heteroatoms. The number of rotatable bonds is 2. The first-order valence-corrected chi connectivity index (χ1v) is 5.29. The summed E-state index contributed by atoms with van der Waals surface area (Å²) in [6.45, 7) is 3.10. The number of nitrogens with one attached hydrogen (secondary N) is 3. The van der Waals surface area contributed by atoms with Crippen LogP contribution in [-0.2, 0) is 4.79 Å². The van der Waals surface area contributed by atoms with Gasteiger partial charge in [0.15, 0.2) is 0 Å². The predicted molar refractivity (Wildman–Crippen MR) is 57.4 cm³/mol. The smallest absolute Gasteiger partial charge is 0.242 e. The number of hydrogen-bond donors (Lipinski definition) is 3. The van der Waals surface area contributed by atoms with Crippen molar-refractivity contribution in [1.29, 1.82) is 0 Å². The van der Waals surface area contributed by atoms with Gasteiger partial charge in [-0.15, -0.1) is 0 Å². The molecule has 2 unspecified atom stereocenters. The van der Waals surface area contributed by atoms with Gasteiger partial charge in [0.25, 0.3) is 0 Å². The maximum atomic E-state index is 11.8. The lowest BCUT2D eigenvalue weighted by Crippen LogP contribution is -2.45. The average Bonchev–Trinajstić information content (AvgIpc) is 2.70. The standard InChI is InChI=1S/C10H16N4O/c1-7-2-4-11-8(6-7)10(15)13-9-3-5-12-14-9/h3,5,7-8,11H,2,4,6H2,1H3,(H2,12,13,14,15). The summed E-state index contributed by atoms with van der Waals surface area (Å²) in [6, 6.07) is 1.67. The van der Waals surface area contributed by atoms with E-state index in [1.807, 2.05) is 0 Å². The summed E-state index contributed by atoms with van der Waals surface area (Å²) in [5, 5.41) is 12.5. The molecule has 2 rings (SSSR count). The summed E-state index contributed by atoms with van der Waals surface area (Å²) in [7, 11) is 0. The van der Waals surface area contributed by atoms with E-state index in [-0.39, 0.29) is 11.9 Å². The number of hydrogen-bond acceptors (Lipinski definition) is 3. The monoisotopic (exact) mass is 208 g/mol. The van der Waals surface area contributed by atoms with Crippen LogP contribution in [0.2, 0.25) is 0 Å². The Morgan fingerprint density at radius 2 is 2.53 bits per heavy atom. The van der Waals surface area contributed by atoms with Gasteiger partial charge in [0.05, 0.1) is 12.2 Å². The minimum Gasteiger partial charge on any atom is -0.310 e. The van der Waals surface area contributed by atoms with Crippen molar-refractivity contribution in [2.75, 3.05) is 11.9 Å². The first kappa shape index (κ1) is 10.2. The molecule has 0 saturated carbocycles. The van der Waals surface area contributed by atoms with E-state index >= 15 is 0 Å². The zero-order chi connectivity index (χ0) is 10.7. The van der Waals surface area contributed by atoms with E-state index in [9.17, 15) is 4.79 Å². The molecule has 82 valence electrons. The summed E-state index contributed by atoms with van der Waals surface area (Å²) >= 11 is 0. The summed E-state index contributed by atoms with van der Waals surface area (Å²) in [6.07, 6.45) is 3.67. The number of anilines is 1. The van der Waals surface area contributed by atoms with E-state index in [2.05, 4.69) is 27.8 Å². The van der Waals surface area contributed by atoms with Crippen molar-refractivity contribution < 1.29 is 4.79 Å². The summed E-state index contributed by atoms with van der Waals surface area (Å²) in [5.74, 6) is 1.29. The van der Waals surface area contributed by atoms with Gasteiger partial charge in [-0.25, -0.2) is 0 Å². The summed E-state index contributed by atoms with van der Waals surface area (Å²) < 4.78 is 0. The van der Waals surface area contributed by atoms with E-state index in [4.69, 9.17) is 0 Å². The van der Waals surface area contributed by atoms with Gasteiger partial charge in [-0.3, -0.25) is 9.89 Å². The van der Waals surface area contributed by atoms with Crippen LogP contribution in [-0.4, -0.2) is 28.7 Å². The third kappa shape index (κ3) is 2.56. The highest BCUT2D eigenvalue weighted by Gasteiger charge is 2.24. The van der Waals surface area contributed by atoms with E-state index in [0.29, 0.717) is 11.7 Å². The zero-order valence-corrected chi connectivity index (χ0v) is 8.79. The highest BCUT2D eigenvalue weighted by Crippen LogP contribution is 2.15. The fourth-order valence-corrected chi connectivity index (χ4v) is 1.85. The highest BCUT2D eigenvalue weighted by molar-refractivity contribution is 5.94. The van der Waals surface area contributed by atoms with Crippen LogP contribution < -0.4 is 10.6 Å². The fourth-order valence-electron chi connectivity index (χ4n) is 1.85. The molecule has 1 fully saturated rings. The second-order valence-corrected chi connectivity index (χ2v) is 4.10. The molecular formula is C10H16N4O. The normalized spacial score (nSPS) is 26.2. The minimum absolute atomic E-state index is 0.0193. The van der Waals surface area contributed by atoms with Crippen LogP contribution in [0, 0.1) is 5.92 Å². The third-order valence-electron chi connectivity index (χ3n) is 2.74. The first-order valence-electron chi connectivity index (χ1n) is 5.29. The predicted octanol–water partition coefficient (Wildman–Crippen LogP) is 0.736. The lowest BCUT2D eigenvalue weighted by Gasteiger charge is -2.26. The Balaban J connectivity index is 1.90. The van der Waals surface area contributed by atoms with Gasteiger partial charge < -0.3 is 10.6 Å². The quantitative estimate of drug-likeness (QED) is 0.671. The van der Waals surface area contributed by atoms with Gasteiger partial charge in [0.1, 0.15) is 5.82 Å². The van der Waals surface area contributed by atoms with Crippen molar-refractivity contribution in [2.24, 2.45) is 5.92 Å². The number of aromatic amines is 1. The van der Waals surface area contributed by atoms with Crippen molar-refractivity contribution in [3.8, 4) is 0 Å². The van der Waals surface area contributed by atoms with Crippen LogP contribution in [0.3, 0.4) is 0 Å². The molecule has 5 nitrogen and oxygen atoms in total. The Hall–Kier alpha value is -1.36. The Morgan fingerprint density at radius 3 is 3.20 bits per heavy atom. The number of amides is 1. The van der Waals surface area contributed by atoms with Gasteiger partial charge in [-0.2, -0.15) is 5.10 Å². The van der Waals surface area contributed by atoms with Crippen molar-refractivity contribution in [3.63, 3.8) is 0 Å². The molecule has 1 aromatic rings. The van der Waals surface area contributed by atoms with E-state index in [1.54, 1.807) is 12.3 Å². The molecule has 3 N–H and O–H groups in total. The molecule has 1 aliphatic rings. The van der Waals surface area contributed by atoms with Crippen LogP contribution in [0.25, 0.3) is 0 Å². The van der Waals surface area contributed by atoms with Crippen molar-refractivity contribution in [2.45, 2.75) is 25.8 Å². The molecule has 1 saturated heterocycles. The molecule has 2 heterocycles. The van der Waals surface area contributed by atoms with Crippen LogP contribution in [0.4, 0.5) is 5.82 Å². The molecule has 1 amide bonds. The summed E-state index contributed by atoms with van der Waals surface area (Å²) in [5.41, 5.74) is 0. The number of H-pyrrole nitrogens is 1. The second-order valence-electron chi connectivity index (χ2n) is 4.10. The zero-order valence-electron chi connectivity index (χ0n) is 8.79. The second kappa shape index (κ2) is 4.44. The number of piperidine rings is 1. The number of aromatic nitrogens is 2. The highest BCUT2D eigenvalue weighted by atomic mass is 16.2. The van der Waals surface area contributed by atoms with Gasteiger partial charge in [-0.1, -0.05) is 6.92 Å². The number of carbonyl (C=O) groups is 1. The molecule has 0 radical (unpaired) electrons.